The van der Waals surface area contributed by atoms with Crippen molar-refractivity contribution in [3.8, 4) is 0 Å². The molecule has 0 radical (unpaired) electrons. The molecule has 0 aliphatic heterocycles. The number of primary amides is 1. The van der Waals surface area contributed by atoms with Crippen molar-refractivity contribution in [1.29, 1.82) is 0 Å². The number of aromatic nitrogens is 1. The number of benzene rings is 1. The number of hydrogen-bond acceptors (Lipinski definition) is 3. The Balaban J connectivity index is 1.69. The number of carbonyl (C=O) groups excluding carboxylic acids is 2. The zero-order valence-electron chi connectivity index (χ0n) is 14.3. The van der Waals surface area contributed by atoms with Gasteiger partial charge in [0.05, 0.1) is 12.1 Å². The third-order valence-corrected chi connectivity index (χ3v) is 4.53. The Labute approximate surface area is 151 Å². The van der Waals surface area contributed by atoms with Gasteiger partial charge in [-0.05, 0) is 48.1 Å². The molecule has 6 nitrogen and oxygen atoms in total. The smallest absolute Gasteiger partial charge is 0.324 e. The summed E-state index contributed by atoms with van der Waals surface area (Å²) < 4.78 is 14.1. The van der Waals surface area contributed by atoms with Crippen LogP contribution >= 0.6 is 0 Å². The minimum absolute atomic E-state index is 0.0223. The van der Waals surface area contributed by atoms with E-state index in [9.17, 15) is 14.0 Å². The maximum absolute atomic E-state index is 14.1. The normalized spacial score (nSPS) is 14.2. The molecule has 7 heteroatoms. The second kappa shape index (κ2) is 7.95. The van der Waals surface area contributed by atoms with Gasteiger partial charge in [-0.3, -0.25) is 10.1 Å². The minimum atomic E-state index is -0.629. The monoisotopic (exact) mass is 356 g/mol. The summed E-state index contributed by atoms with van der Waals surface area (Å²) in [6, 6.07) is 7.40. The number of amides is 3. The van der Waals surface area contributed by atoms with E-state index in [-0.39, 0.29) is 12.1 Å². The van der Waals surface area contributed by atoms with E-state index >= 15 is 0 Å². The maximum Gasteiger partial charge on any atom is 0.324 e. The van der Waals surface area contributed by atoms with Gasteiger partial charge in [0.25, 0.3) is 0 Å². The SMILES string of the molecule is NC(=O)Cc1ccc(NC(=O)Nc2ncccc2C2CCCC2)c(F)c1. The Kier molecular flexibility index (Phi) is 5.46. The number of pyridine rings is 1. The second-order valence-corrected chi connectivity index (χ2v) is 6.46. The van der Waals surface area contributed by atoms with Crippen molar-refractivity contribution in [1.82, 2.24) is 4.98 Å². The fourth-order valence-electron chi connectivity index (χ4n) is 3.32. The molecule has 1 aliphatic carbocycles. The van der Waals surface area contributed by atoms with E-state index in [1.165, 1.54) is 25.0 Å². The van der Waals surface area contributed by atoms with Crippen molar-refractivity contribution in [2.75, 3.05) is 10.6 Å². The number of hydrogen-bond donors (Lipinski definition) is 3. The Hall–Kier alpha value is -2.96. The third-order valence-electron chi connectivity index (χ3n) is 4.53. The van der Waals surface area contributed by atoms with Crippen LogP contribution in [0.1, 0.15) is 42.7 Å². The Morgan fingerprint density at radius 2 is 1.96 bits per heavy atom. The standard InChI is InChI=1S/C19H21FN4O2/c20-15-10-12(11-17(21)25)7-8-16(15)23-19(26)24-18-14(6-3-9-22-18)13-4-1-2-5-13/h3,6-10,13H,1-2,4-5,11H2,(H2,21,25)(H2,22,23,24,26). The third kappa shape index (κ3) is 4.36. The molecule has 0 saturated heterocycles. The highest BCUT2D eigenvalue weighted by atomic mass is 19.1. The highest BCUT2D eigenvalue weighted by Gasteiger charge is 2.21. The van der Waals surface area contributed by atoms with Gasteiger partial charge in [0.15, 0.2) is 0 Å². The molecule has 0 bridgehead atoms. The van der Waals surface area contributed by atoms with Gasteiger partial charge in [-0.2, -0.15) is 0 Å². The number of nitrogens with zero attached hydrogens (tertiary/aromatic N) is 1. The molecule has 0 atom stereocenters. The molecule has 1 aromatic carbocycles. The summed E-state index contributed by atoms with van der Waals surface area (Å²) in [7, 11) is 0. The van der Waals surface area contributed by atoms with E-state index < -0.39 is 17.8 Å². The molecule has 4 N–H and O–H groups in total. The number of urea groups is 1. The molecule has 0 unspecified atom stereocenters. The molecule has 0 spiro atoms. The number of carbonyl (C=O) groups is 2. The van der Waals surface area contributed by atoms with Crippen LogP contribution in [-0.4, -0.2) is 16.9 Å². The predicted molar refractivity (Wildman–Crippen MR) is 97.4 cm³/mol. The zero-order valence-corrected chi connectivity index (χ0v) is 14.3. The Morgan fingerprint density at radius 1 is 1.19 bits per heavy atom. The van der Waals surface area contributed by atoms with Crippen molar-refractivity contribution in [2.24, 2.45) is 5.73 Å². The van der Waals surface area contributed by atoms with Crippen LogP contribution in [0.2, 0.25) is 0 Å². The molecular weight excluding hydrogens is 335 g/mol. The van der Waals surface area contributed by atoms with Crippen molar-refractivity contribution in [3.63, 3.8) is 0 Å². The molecule has 1 heterocycles. The summed E-state index contributed by atoms with van der Waals surface area (Å²) >= 11 is 0. The van der Waals surface area contributed by atoms with Crippen molar-refractivity contribution >= 4 is 23.4 Å². The minimum Gasteiger partial charge on any atom is -0.369 e. The number of nitrogens with one attached hydrogen (secondary N) is 2. The lowest BCUT2D eigenvalue weighted by Crippen LogP contribution is -2.22. The van der Waals surface area contributed by atoms with E-state index in [0.29, 0.717) is 17.3 Å². The summed E-state index contributed by atoms with van der Waals surface area (Å²) in [6.45, 7) is 0. The number of rotatable bonds is 5. The van der Waals surface area contributed by atoms with Crippen LogP contribution in [0.25, 0.3) is 0 Å². The molecule has 26 heavy (non-hydrogen) atoms. The quantitative estimate of drug-likeness (QED) is 0.764. The average molecular weight is 356 g/mol. The van der Waals surface area contributed by atoms with E-state index in [1.54, 1.807) is 12.3 Å². The van der Waals surface area contributed by atoms with Crippen LogP contribution in [0.4, 0.5) is 20.7 Å². The fourth-order valence-corrected chi connectivity index (χ4v) is 3.32. The summed E-state index contributed by atoms with van der Waals surface area (Å²) in [5.74, 6) is -0.278. The van der Waals surface area contributed by atoms with Gasteiger partial charge in [0, 0.05) is 6.20 Å². The lowest BCUT2D eigenvalue weighted by Gasteiger charge is -2.15. The summed E-state index contributed by atoms with van der Waals surface area (Å²) in [5, 5.41) is 5.18. The average Bonchev–Trinajstić information content (AvgIpc) is 3.12. The number of halogens is 1. The first-order valence-corrected chi connectivity index (χ1v) is 8.62. The Morgan fingerprint density at radius 3 is 2.65 bits per heavy atom. The first-order valence-electron chi connectivity index (χ1n) is 8.62. The van der Waals surface area contributed by atoms with Crippen molar-refractivity contribution in [2.45, 2.75) is 38.0 Å². The zero-order chi connectivity index (χ0) is 18.5. The van der Waals surface area contributed by atoms with Crippen LogP contribution in [0.15, 0.2) is 36.5 Å². The van der Waals surface area contributed by atoms with Gasteiger partial charge in [0.2, 0.25) is 5.91 Å². The van der Waals surface area contributed by atoms with Crippen LogP contribution < -0.4 is 16.4 Å². The van der Waals surface area contributed by atoms with Crippen molar-refractivity contribution < 1.29 is 14.0 Å². The fraction of sp³-hybridized carbons (Fsp3) is 0.316. The molecule has 3 rings (SSSR count). The van der Waals surface area contributed by atoms with Gasteiger partial charge in [0.1, 0.15) is 11.6 Å². The highest BCUT2D eigenvalue weighted by Crippen LogP contribution is 2.36. The van der Waals surface area contributed by atoms with Gasteiger partial charge in [-0.25, -0.2) is 14.2 Å². The lowest BCUT2D eigenvalue weighted by molar-refractivity contribution is -0.117. The van der Waals surface area contributed by atoms with Crippen LogP contribution in [0.5, 0.6) is 0 Å². The molecule has 3 amide bonds. The summed E-state index contributed by atoms with van der Waals surface area (Å²) in [6.07, 6.45) is 6.08. The number of anilines is 2. The van der Waals surface area contributed by atoms with E-state index in [0.717, 1.165) is 18.4 Å². The number of nitrogens with two attached hydrogens (primary N) is 1. The summed E-state index contributed by atoms with van der Waals surface area (Å²) in [5.41, 5.74) is 6.58. The van der Waals surface area contributed by atoms with Gasteiger partial charge in [-0.15, -0.1) is 0 Å². The van der Waals surface area contributed by atoms with Crippen molar-refractivity contribution in [3.05, 3.63) is 53.5 Å². The van der Waals surface area contributed by atoms with Gasteiger partial charge < -0.3 is 11.1 Å². The second-order valence-electron chi connectivity index (χ2n) is 6.46. The molecule has 1 saturated carbocycles. The van der Waals surface area contributed by atoms with E-state index in [2.05, 4.69) is 15.6 Å². The molecule has 2 aromatic rings. The van der Waals surface area contributed by atoms with Crippen LogP contribution in [0, 0.1) is 5.82 Å². The largest absolute Gasteiger partial charge is 0.369 e. The first-order chi connectivity index (χ1) is 12.5. The van der Waals surface area contributed by atoms with Gasteiger partial charge in [-0.1, -0.05) is 25.0 Å². The maximum atomic E-state index is 14.1. The molecule has 1 aromatic heterocycles. The Bertz CT molecular complexity index is 819. The molecule has 1 aliphatic rings. The topological polar surface area (TPSA) is 97.1 Å². The van der Waals surface area contributed by atoms with Crippen LogP contribution in [-0.2, 0) is 11.2 Å². The first kappa shape index (κ1) is 17.8. The highest BCUT2D eigenvalue weighted by molar-refractivity contribution is 5.99. The lowest BCUT2D eigenvalue weighted by atomic mass is 9.98. The van der Waals surface area contributed by atoms with E-state index in [1.807, 2.05) is 12.1 Å². The van der Waals surface area contributed by atoms with Crippen LogP contribution in [0.3, 0.4) is 0 Å². The molecule has 136 valence electrons. The van der Waals surface area contributed by atoms with E-state index in [4.69, 9.17) is 5.73 Å². The predicted octanol–water partition coefficient (Wildman–Crippen LogP) is 3.55. The molecular formula is C19H21FN4O2. The molecule has 1 fully saturated rings. The summed E-state index contributed by atoms with van der Waals surface area (Å²) in [4.78, 5) is 27.4. The van der Waals surface area contributed by atoms with Gasteiger partial charge >= 0.3 is 6.03 Å².